The van der Waals surface area contributed by atoms with Gasteiger partial charge in [-0.2, -0.15) is 11.8 Å². The molecule has 1 aliphatic carbocycles. The summed E-state index contributed by atoms with van der Waals surface area (Å²) >= 11 is 2.04. The van der Waals surface area contributed by atoms with E-state index in [1.54, 1.807) is 0 Å². The highest BCUT2D eigenvalue weighted by Gasteiger charge is 2.28. The fraction of sp³-hybridized carbons (Fsp3) is 0.714. The maximum atomic E-state index is 4.75. The molecule has 1 saturated carbocycles. The number of anilines is 1. The van der Waals surface area contributed by atoms with Gasteiger partial charge in [-0.3, -0.25) is 4.98 Å². The van der Waals surface area contributed by atoms with Gasteiger partial charge in [-0.1, -0.05) is 0 Å². The molecule has 0 spiro atoms. The normalized spacial score (nSPS) is 22.5. The quantitative estimate of drug-likeness (QED) is 0.913. The highest BCUT2D eigenvalue weighted by atomic mass is 32.2. The molecule has 4 nitrogen and oxygen atoms in total. The van der Waals surface area contributed by atoms with Crippen LogP contribution in [-0.2, 0) is 6.54 Å². The fourth-order valence-corrected chi connectivity index (χ4v) is 3.49. The topological polar surface area (TPSA) is 41.1 Å². The van der Waals surface area contributed by atoms with Crippen LogP contribution < -0.4 is 10.2 Å². The van der Waals surface area contributed by atoms with Crippen molar-refractivity contribution in [2.75, 3.05) is 23.7 Å². The number of thioether (sulfide) groups is 1. The Kier molecular flexibility index (Phi) is 3.67. The van der Waals surface area contributed by atoms with Crippen molar-refractivity contribution in [1.82, 2.24) is 15.3 Å². The van der Waals surface area contributed by atoms with Gasteiger partial charge in [-0.05, 0) is 26.7 Å². The molecule has 1 saturated heterocycles. The number of hydrogen-bond donors (Lipinski definition) is 1. The number of hydrogen-bond acceptors (Lipinski definition) is 5. The van der Waals surface area contributed by atoms with Crippen molar-refractivity contribution in [1.29, 1.82) is 0 Å². The lowest BCUT2D eigenvalue weighted by Crippen LogP contribution is -2.43. The predicted octanol–water partition coefficient (Wildman–Crippen LogP) is 2.06. The van der Waals surface area contributed by atoms with Gasteiger partial charge in [-0.15, -0.1) is 0 Å². The molecule has 1 aliphatic heterocycles. The summed E-state index contributed by atoms with van der Waals surface area (Å²) in [6.45, 7) is 7.57. The van der Waals surface area contributed by atoms with Crippen molar-refractivity contribution in [3.63, 3.8) is 0 Å². The molecule has 2 heterocycles. The molecular weight excluding hydrogens is 256 g/mol. The zero-order chi connectivity index (χ0) is 13.3. The van der Waals surface area contributed by atoms with Crippen molar-refractivity contribution >= 4 is 17.6 Å². The molecule has 0 unspecified atom stereocenters. The lowest BCUT2D eigenvalue weighted by molar-refractivity contribution is 0.634. The monoisotopic (exact) mass is 278 g/mol. The van der Waals surface area contributed by atoms with Gasteiger partial charge in [0.25, 0.3) is 0 Å². The summed E-state index contributed by atoms with van der Waals surface area (Å²) in [5, 5.41) is 3.49. The number of rotatable bonds is 4. The molecule has 1 N–H and O–H groups in total. The molecule has 0 bridgehead atoms. The van der Waals surface area contributed by atoms with Crippen LogP contribution in [0.25, 0.3) is 0 Å². The molecule has 0 aromatic carbocycles. The van der Waals surface area contributed by atoms with E-state index in [2.05, 4.69) is 29.0 Å². The van der Waals surface area contributed by atoms with E-state index < -0.39 is 0 Å². The van der Waals surface area contributed by atoms with Crippen molar-refractivity contribution in [3.8, 4) is 0 Å². The first-order valence-electron chi connectivity index (χ1n) is 7.06. The van der Waals surface area contributed by atoms with Gasteiger partial charge in [0.15, 0.2) is 0 Å². The molecule has 19 heavy (non-hydrogen) atoms. The second-order valence-corrected chi connectivity index (χ2v) is 7.86. The largest absolute Gasteiger partial charge is 0.353 e. The Morgan fingerprint density at radius 3 is 3.00 bits per heavy atom. The Morgan fingerprint density at radius 1 is 1.42 bits per heavy atom. The Labute approximate surface area is 119 Å². The minimum absolute atomic E-state index is 0.308. The van der Waals surface area contributed by atoms with Crippen LogP contribution in [0.15, 0.2) is 12.4 Å². The van der Waals surface area contributed by atoms with Crippen molar-refractivity contribution in [2.45, 2.75) is 44.0 Å². The van der Waals surface area contributed by atoms with Crippen LogP contribution in [0.1, 0.15) is 32.4 Å². The van der Waals surface area contributed by atoms with E-state index in [1.807, 2.05) is 24.2 Å². The molecule has 0 amide bonds. The first-order valence-corrected chi connectivity index (χ1v) is 8.04. The second kappa shape index (κ2) is 5.29. The first kappa shape index (κ1) is 13.2. The summed E-state index contributed by atoms with van der Waals surface area (Å²) in [4.78, 5) is 11.5. The maximum Gasteiger partial charge on any atom is 0.147 e. The molecule has 1 aromatic rings. The third kappa shape index (κ3) is 3.60. The average Bonchev–Trinajstić information content (AvgIpc) is 3.20. The lowest BCUT2D eigenvalue weighted by atomic mass is 10.2. The summed E-state index contributed by atoms with van der Waals surface area (Å²) in [5.41, 5.74) is 1.06. The number of aromatic nitrogens is 2. The molecule has 2 fully saturated rings. The Bertz CT molecular complexity index is 445. The van der Waals surface area contributed by atoms with Gasteiger partial charge >= 0.3 is 0 Å². The van der Waals surface area contributed by atoms with Gasteiger partial charge in [0.05, 0.1) is 11.9 Å². The minimum atomic E-state index is 0.308. The van der Waals surface area contributed by atoms with Crippen molar-refractivity contribution < 1.29 is 0 Å². The predicted molar refractivity (Wildman–Crippen MR) is 80.6 cm³/mol. The van der Waals surface area contributed by atoms with Gasteiger partial charge in [0.2, 0.25) is 0 Å². The molecule has 1 aromatic heterocycles. The summed E-state index contributed by atoms with van der Waals surface area (Å²) in [7, 11) is 0. The Morgan fingerprint density at radius 2 is 2.26 bits per heavy atom. The van der Waals surface area contributed by atoms with E-state index in [4.69, 9.17) is 4.98 Å². The van der Waals surface area contributed by atoms with Crippen LogP contribution in [0, 0.1) is 0 Å². The van der Waals surface area contributed by atoms with Crippen LogP contribution in [0.3, 0.4) is 0 Å². The lowest BCUT2D eigenvalue weighted by Gasteiger charge is -2.38. The van der Waals surface area contributed by atoms with Crippen LogP contribution in [0.2, 0.25) is 0 Å². The number of nitrogens with one attached hydrogen (secondary N) is 1. The van der Waals surface area contributed by atoms with Crippen LogP contribution in [0.4, 0.5) is 5.82 Å². The molecule has 5 heteroatoms. The summed E-state index contributed by atoms with van der Waals surface area (Å²) < 4.78 is 0.308. The highest BCUT2D eigenvalue weighted by molar-refractivity contribution is 8.00. The van der Waals surface area contributed by atoms with Gasteiger partial charge in [0, 0.05) is 42.4 Å². The Balaban J connectivity index is 1.67. The van der Waals surface area contributed by atoms with E-state index >= 15 is 0 Å². The highest BCUT2D eigenvalue weighted by Crippen LogP contribution is 2.31. The molecule has 0 atom stereocenters. The molecule has 0 radical (unpaired) electrons. The minimum Gasteiger partial charge on any atom is -0.353 e. The SMILES string of the molecule is CC1(C)CN(c2cncc(CNC3CC3)n2)CCS1. The summed E-state index contributed by atoms with van der Waals surface area (Å²) in [5.74, 6) is 2.20. The van der Waals surface area contributed by atoms with Crippen molar-refractivity contribution in [2.24, 2.45) is 0 Å². The molecule has 2 aliphatic rings. The molecule has 104 valence electrons. The van der Waals surface area contributed by atoms with Gasteiger partial charge < -0.3 is 10.2 Å². The average molecular weight is 278 g/mol. The van der Waals surface area contributed by atoms with E-state index in [9.17, 15) is 0 Å². The van der Waals surface area contributed by atoms with Crippen LogP contribution >= 0.6 is 11.8 Å². The van der Waals surface area contributed by atoms with E-state index in [1.165, 1.54) is 18.6 Å². The number of nitrogens with zero attached hydrogens (tertiary/aromatic N) is 3. The Hall–Kier alpha value is -0.810. The van der Waals surface area contributed by atoms with Crippen LogP contribution in [0.5, 0.6) is 0 Å². The zero-order valence-corrected chi connectivity index (χ0v) is 12.5. The summed E-state index contributed by atoms with van der Waals surface area (Å²) in [6, 6.07) is 0.718. The van der Waals surface area contributed by atoms with E-state index in [-0.39, 0.29) is 0 Å². The second-order valence-electron chi connectivity index (χ2n) is 6.05. The third-order valence-corrected chi connectivity index (χ3v) is 4.87. The zero-order valence-electron chi connectivity index (χ0n) is 11.7. The van der Waals surface area contributed by atoms with Gasteiger partial charge in [0.1, 0.15) is 5.82 Å². The summed E-state index contributed by atoms with van der Waals surface area (Å²) in [6.07, 6.45) is 6.39. The first-order chi connectivity index (χ1) is 9.12. The fourth-order valence-electron chi connectivity index (χ4n) is 2.38. The standard InChI is InChI=1S/C14H22N4S/c1-14(2)10-18(5-6-19-14)13-9-15-7-12(17-13)8-16-11-3-4-11/h7,9,11,16H,3-6,8,10H2,1-2H3. The third-order valence-electron chi connectivity index (χ3n) is 3.57. The van der Waals surface area contributed by atoms with E-state index in [0.29, 0.717) is 4.75 Å². The smallest absolute Gasteiger partial charge is 0.147 e. The van der Waals surface area contributed by atoms with E-state index in [0.717, 1.165) is 37.2 Å². The van der Waals surface area contributed by atoms with Gasteiger partial charge in [-0.25, -0.2) is 4.98 Å². The molecular formula is C14H22N4S. The maximum absolute atomic E-state index is 4.75. The van der Waals surface area contributed by atoms with Crippen molar-refractivity contribution in [3.05, 3.63) is 18.1 Å². The molecule has 3 rings (SSSR count). The van der Waals surface area contributed by atoms with Crippen LogP contribution in [-0.4, -0.2) is 39.6 Å².